The Balaban J connectivity index is 1.72. The summed E-state index contributed by atoms with van der Waals surface area (Å²) in [7, 11) is 0. The van der Waals surface area contributed by atoms with Crippen molar-refractivity contribution in [3.8, 4) is 0 Å². The molecule has 2 aliphatic heterocycles. The SMILES string of the molecule is CCC1OCCC1CN1CC(=O)NC2(CCCC2)C1=O. The average molecular weight is 280 g/mol. The number of nitrogens with zero attached hydrogens (tertiary/aromatic N) is 1. The second-order valence-corrected chi connectivity index (χ2v) is 6.39. The molecule has 3 fully saturated rings. The van der Waals surface area contributed by atoms with E-state index in [4.69, 9.17) is 4.74 Å². The molecule has 2 unspecified atom stereocenters. The number of amides is 2. The van der Waals surface area contributed by atoms with Gasteiger partial charge in [-0.15, -0.1) is 0 Å². The van der Waals surface area contributed by atoms with Crippen LogP contribution in [-0.4, -0.2) is 48.1 Å². The molecular formula is C15H24N2O3. The maximum Gasteiger partial charge on any atom is 0.248 e. The molecule has 1 N–H and O–H groups in total. The zero-order chi connectivity index (χ0) is 14.2. The van der Waals surface area contributed by atoms with Crippen LogP contribution in [0.3, 0.4) is 0 Å². The number of hydrogen-bond acceptors (Lipinski definition) is 3. The molecule has 5 nitrogen and oxygen atoms in total. The number of rotatable bonds is 3. The van der Waals surface area contributed by atoms with Gasteiger partial charge in [0, 0.05) is 19.1 Å². The summed E-state index contributed by atoms with van der Waals surface area (Å²) < 4.78 is 5.70. The summed E-state index contributed by atoms with van der Waals surface area (Å²) >= 11 is 0. The normalized spacial score (nSPS) is 33.0. The zero-order valence-corrected chi connectivity index (χ0v) is 12.2. The smallest absolute Gasteiger partial charge is 0.248 e. The van der Waals surface area contributed by atoms with E-state index in [-0.39, 0.29) is 24.5 Å². The van der Waals surface area contributed by atoms with Crippen molar-refractivity contribution >= 4 is 11.8 Å². The molecule has 0 aromatic heterocycles. The molecule has 1 aliphatic carbocycles. The number of hydrogen-bond donors (Lipinski definition) is 1. The zero-order valence-electron chi connectivity index (χ0n) is 12.2. The van der Waals surface area contributed by atoms with Crippen LogP contribution in [0.15, 0.2) is 0 Å². The van der Waals surface area contributed by atoms with Gasteiger partial charge in [0.2, 0.25) is 11.8 Å². The predicted molar refractivity (Wildman–Crippen MR) is 74.1 cm³/mol. The van der Waals surface area contributed by atoms with Crippen LogP contribution in [0.5, 0.6) is 0 Å². The van der Waals surface area contributed by atoms with Gasteiger partial charge in [0.05, 0.1) is 12.6 Å². The molecular weight excluding hydrogens is 256 g/mol. The topological polar surface area (TPSA) is 58.6 Å². The molecule has 112 valence electrons. The van der Waals surface area contributed by atoms with Gasteiger partial charge in [-0.05, 0) is 25.7 Å². The largest absolute Gasteiger partial charge is 0.378 e. The molecule has 1 spiro atoms. The fourth-order valence-corrected chi connectivity index (χ4v) is 4.01. The number of carbonyl (C=O) groups is 2. The highest BCUT2D eigenvalue weighted by Crippen LogP contribution is 2.34. The molecule has 2 heterocycles. The van der Waals surface area contributed by atoms with Crippen LogP contribution in [0.4, 0.5) is 0 Å². The van der Waals surface area contributed by atoms with E-state index < -0.39 is 5.54 Å². The van der Waals surface area contributed by atoms with Crippen molar-refractivity contribution in [2.75, 3.05) is 19.7 Å². The van der Waals surface area contributed by atoms with Crippen LogP contribution in [0.1, 0.15) is 45.4 Å². The van der Waals surface area contributed by atoms with Gasteiger partial charge in [0.1, 0.15) is 5.54 Å². The molecule has 2 atom stereocenters. The maximum atomic E-state index is 12.7. The Bertz CT molecular complexity index is 404. The minimum absolute atomic E-state index is 0.00142. The average Bonchev–Trinajstić information content (AvgIpc) is 3.05. The third-order valence-corrected chi connectivity index (χ3v) is 5.07. The molecule has 0 aromatic rings. The number of carbonyl (C=O) groups excluding carboxylic acids is 2. The van der Waals surface area contributed by atoms with Crippen molar-refractivity contribution < 1.29 is 14.3 Å². The summed E-state index contributed by atoms with van der Waals surface area (Å²) in [5, 5.41) is 2.96. The van der Waals surface area contributed by atoms with Gasteiger partial charge < -0.3 is 15.0 Å². The van der Waals surface area contributed by atoms with Gasteiger partial charge in [0.15, 0.2) is 0 Å². The Morgan fingerprint density at radius 2 is 2.10 bits per heavy atom. The first-order valence-electron chi connectivity index (χ1n) is 7.86. The third-order valence-electron chi connectivity index (χ3n) is 5.07. The summed E-state index contributed by atoms with van der Waals surface area (Å²) in [4.78, 5) is 26.5. The molecule has 2 amide bonds. The van der Waals surface area contributed by atoms with Crippen LogP contribution in [0.2, 0.25) is 0 Å². The Kier molecular flexibility index (Phi) is 3.71. The van der Waals surface area contributed by atoms with Crippen molar-refractivity contribution in [2.45, 2.75) is 57.1 Å². The van der Waals surface area contributed by atoms with Crippen molar-refractivity contribution in [1.82, 2.24) is 10.2 Å². The minimum Gasteiger partial charge on any atom is -0.378 e. The van der Waals surface area contributed by atoms with Gasteiger partial charge in [-0.2, -0.15) is 0 Å². The van der Waals surface area contributed by atoms with Crippen LogP contribution in [-0.2, 0) is 14.3 Å². The fraction of sp³-hybridized carbons (Fsp3) is 0.867. The van der Waals surface area contributed by atoms with Gasteiger partial charge in [-0.25, -0.2) is 0 Å². The second kappa shape index (κ2) is 5.35. The molecule has 0 radical (unpaired) electrons. The van der Waals surface area contributed by atoms with Crippen LogP contribution in [0, 0.1) is 5.92 Å². The molecule has 3 rings (SSSR count). The molecule has 0 bridgehead atoms. The van der Waals surface area contributed by atoms with E-state index in [0.717, 1.165) is 45.1 Å². The molecule has 0 aromatic carbocycles. The Hall–Kier alpha value is -1.10. The Labute approximate surface area is 120 Å². The Morgan fingerprint density at radius 3 is 2.80 bits per heavy atom. The van der Waals surface area contributed by atoms with Gasteiger partial charge in [-0.3, -0.25) is 9.59 Å². The first-order chi connectivity index (χ1) is 9.64. The van der Waals surface area contributed by atoms with E-state index >= 15 is 0 Å². The number of ether oxygens (including phenoxy) is 1. The van der Waals surface area contributed by atoms with Crippen molar-refractivity contribution in [1.29, 1.82) is 0 Å². The van der Waals surface area contributed by atoms with Crippen molar-refractivity contribution in [3.05, 3.63) is 0 Å². The highest BCUT2D eigenvalue weighted by Gasteiger charge is 2.48. The lowest BCUT2D eigenvalue weighted by Gasteiger charge is -2.41. The second-order valence-electron chi connectivity index (χ2n) is 6.39. The van der Waals surface area contributed by atoms with Gasteiger partial charge in [-0.1, -0.05) is 19.8 Å². The first kappa shape index (κ1) is 13.9. The maximum absolute atomic E-state index is 12.7. The third kappa shape index (κ3) is 2.32. The summed E-state index contributed by atoms with van der Waals surface area (Å²) in [5.74, 6) is 0.517. The van der Waals surface area contributed by atoms with Crippen LogP contribution < -0.4 is 5.32 Å². The van der Waals surface area contributed by atoms with E-state index in [0.29, 0.717) is 12.5 Å². The molecule has 2 saturated heterocycles. The Morgan fingerprint density at radius 1 is 1.35 bits per heavy atom. The predicted octanol–water partition coefficient (Wildman–Crippen LogP) is 1.07. The van der Waals surface area contributed by atoms with E-state index in [9.17, 15) is 9.59 Å². The monoisotopic (exact) mass is 280 g/mol. The standard InChI is InChI=1S/C15H24N2O3/c1-2-12-11(5-8-20-12)9-17-10-13(18)16-15(14(17)19)6-3-4-7-15/h11-12H,2-10H2,1H3,(H,16,18). The first-order valence-corrected chi connectivity index (χ1v) is 7.86. The molecule has 20 heavy (non-hydrogen) atoms. The van der Waals surface area contributed by atoms with Crippen molar-refractivity contribution in [3.63, 3.8) is 0 Å². The van der Waals surface area contributed by atoms with Crippen LogP contribution >= 0.6 is 0 Å². The van der Waals surface area contributed by atoms with Crippen molar-refractivity contribution in [2.24, 2.45) is 5.92 Å². The van der Waals surface area contributed by atoms with E-state index in [1.165, 1.54) is 0 Å². The lowest BCUT2D eigenvalue weighted by molar-refractivity contribution is -0.150. The molecule has 3 aliphatic rings. The number of piperazine rings is 1. The molecule has 5 heteroatoms. The molecule has 1 saturated carbocycles. The van der Waals surface area contributed by atoms with Gasteiger partial charge >= 0.3 is 0 Å². The quantitative estimate of drug-likeness (QED) is 0.841. The van der Waals surface area contributed by atoms with Gasteiger partial charge in [0.25, 0.3) is 0 Å². The minimum atomic E-state index is -0.587. The highest BCUT2D eigenvalue weighted by atomic mass is 16.5. The van der Waals surface area contributed by atoms with E-state index in [1.54, 1.807) is 4.90 Å². The van der Waals surface area contributed by atoms with E-state index in [1.807, 2.05) is 0 Å². The lowest BCUT2D eigenvalue weighted by atomic mass is 9.91. The summed E-state index contributed by atoms with van der Waals surface area (Å²) in [5.41, 5.74) is -0.587. The van der Waals surface area contributed by atoms with E-state index in [2.05, 4.69) is 12.2 Å². The highest BCUT2D eigenvalue weighted by molar-refractivity contribution is 5.98. The fourth-order valence-electron chi connectivity index (χ4n) is 4.01. The summed E-state index contributed by atoms with van der Waals surface area (Å²) in [6, 6.07) is 0. The summed E-state index contributed by atoms with van der Waals surface area (Å²) in [6.07, 6.45) is 5.88. The summed E-state index contributed by atoms with van der Waals surface area (Å²) in [6.45, 7) is 3.79. The van der Waals surface area contributed by atoms with Crippen LogP contribution in [0.25, 0.3) is 0 Å². The number of nitrogens with one attached hydrogen (secondary N) is 1. The lowest BCUT2D eigenvalue weighted by Crippen LogP contribution is -2.66.